The Morgan fingerprint density at radius 1 is 1.03 bits per heavy atom. The van der Waals surface area contributed by atoms with Crippen molar-refractivity contribution < 1.29 is 8.96 Å². The molecule has 3 aromatic rings. The molecule has 0 bridgehead atoms. The Labute approximate surface area is 185 Å². The van der Waals surface area contributed by atoms with E-state index in [1.165, 1.54) is 40.4 Å². The minimum atomic E-state index is -0.402. The van der Waals surface area contributed by atoms with Crippen molar-refractivity contribution in [1.82, 2.24) is 0 Å². The number of hydrogen-bond acceptors (Lipinski definition) is 0. The van der Waals surface area contributed by atoms with E-state index in [2.05, 4.69) is 70.2 Å². The fraction of sp³-hybridized carbons (Fsp3) is 0.414. The van der Waals surface area contributed by atoms with Gasteiger partial charge in [-0.05, 0) is 41.0 Å². The SMILES string of the molecule is C=C1c2ccc(F)c3c2-c2c4c(cc(CCCC)cc4cc[n+]2C1(CC)CC)C3(C)C. The normalized spacial score (nSPS) is 17.3. The summed E-state index contributed by atoms with van der Waals surface area (Å²) in [4.78, 5) is 0. The number of unbranched alkanes of at least 4 members (excludes halogenated alkanes) is 1. The zero-order valence-electron chi connectivity index (χ0n) is 19.5. The lowest BCUT2D eigenvalue weighted by molar-refractivity contribution is -0.740. The molecule has 2 aliphatic rings. The van der Waals surface area contributed by atoms with E-state index in [1.807, 2.05) is 6.07 Å². The van der Waals surface area contributed by atoms with Gasteiger partial charge in [0.25, 0.3) is 0 Å². The second kappa shape index (κ2) is 6.76. The Bertz CT molecular complexity index is 1240. The van der Waals surface area contributed by atoms with Gasteiger partial charge in [0.2, 0.25) is 5.69 Å². The molecule has 1 aliphatic carbocycles. The van der Waals surface area contributed by atoms with E-state index in [9.17, 15) is 0 Å². The summed E-state index contributed by atoms with van der Waals surface area (Å²) >= 11 is 0. The molecule has 2 aromatic carbocycles. The molecule has 0 atom stereocenters. The van der Waals surface area contributed by atoms with E-state index in [4.69, 9.17) is 0 Å². The van der Waals surface area contributed by atoms with Crippen molar-refractivity contribution >= 4 is 16.3 Å². The van der Waals surface area contributed by atoms with Crippen LogP contribution < -0.4 is 4.57 Å². The molecule has 1 aromatic heterocycles. The highest BCUT2D eigenvalue weighted by molar-refractivity contribution is 6.04. The highest BCUT2D eigenvalue weighted by Crippen LogP contribution is 2.55. The first kappa shape index (κ1) is 20.4. The molecule has 0 radical (unpaired) electrons. The van der Waals surface area contributed by atoms with Gasteiger partial charge < -0.3 is 0 Å². The predicted octanol–water partition coefficient (Wildman–Crippen LogP) is 7.46. The molecule has 2 heterocycles. The van der Waals surface area contributed by atoms with Gasteiger partial charge in [0.15, 0.2) is 11.7 Å². The van der Waals surface area contributed by atoms with Crippen LogP contribution in [-0.2, 0) is 17.4 Å². The summed E-state index contributed by atoms with van der Waals surface area (Å²) in [6.45, 7) is 15.7. The first-order valence-corrected chi connectivity index (χ1v) is 11.9. The predicted molar refractivity (Wildman–Crippen MR) is 128 cm³/mol. The first-order chi connectivity index (χ1) is 14.8. The lowest BCUT2D eigenvalue weighted by atomic mass is 9.64. The van der Waals surface area contributed by atoms with Crippen molar-refractivity contribution in [3.05, 3.63) is 71.2 Å². The fourth-order valence-corrected chi connectivity index (χ4v) is 6.33. The maximum atomic E-state index is 15.5. The van der Waals surface area contributed by atoms with Crippen LogP contribution in [-0.4, -0.2) is 0 Å². The number of halogens is 1. The summed E-state index contributed by atoms with van der Waals surface area (Å²) in [5, 5.41) is 2.57. The van der Waals surface area contributed by atoms with Crippen LogP contribution in [0.25, 0.3) is 27.6 Å². The molecule has 0 unspecified atom stereocenters. The van der Waals surface area contributed by atoms with Crippen LogP contribution in [0.4, 0.5) is 4.39 Å². The summed E-state index contributed by atoms with van der Waals surface area (Å²) in [5.74, 6) is -0.106. The van der Waals surface area contributed by atoms with E-state index >= 15 is 4.39 Å². The van der Waals surface area contributed by atoms with Gasteiger partial charge in [-0.3, -0.25) is 0 Å². The Morgan fingerprint density at radius 2 is 1.77 bits per heavy atom. The third kappa shape index (κ3) is 2.45. The molecule has 160 valence electrons. The summed E-state index contributed by atoms with van der Waals surface area (Å²) in [6, 6.07) is 10.6. The van der Waals surface area contributed by atoms with Gasteiger partial charge in [0.1, 0.15) is 5.82 Å². The molecular weight excluding hydrogens is 381 g/mol. The lowest BCUT2D eigenvalue weighted by Gasteiger charge is -2.41. The minimum Gasteiger partial charge on any atom is -0.207 e. The maximum absolute atomic E-state index is 15.5. The molecule has 0 saturated carbocycles. The fourth-order valence-electron chi connectivity index (χ4n) is 6.33. The third-order valence-electron chi connectivity index (χ3n) is 8.14. The molecule has 1 aliphatic heterocycles. The topological polar surface area (TPSA) is 3.88 Å². The number of aryl methyl sites for hydroxylation is 1. The molecule has 2 heteroatoms. The van der Waals surface area contributed by atoms with Gasteiger partial charge in [-0.1, -0.05) is 65.8 Å². The van der Waals surface area contributed by atoms with Crippen LogP contribution >= 0.6 is 0 Å². The number of nitrogens with zero attached hydrogens (tertiary/aromatic N) is 1. The van der Waals surface area contributed by atoms with Gasteiger partial charge in [0.05, 0.1) is 10.9 Å². The highest BCUT2D eigenvalue weighted by atomic mass is 19.1. The van der Waals surface area contributed by atoms with Gasteiger partial charge in [-0.2, -0.15) is 4.57 Å². The molecule has 5 rings (SSSR count). The molecule has 0 amide bonds. The monoisotopic (exact) mass is 414 g/mol. The van der Waals surface area contributed by atoms with Gasteiger partial charge >= 0.3 is 0 Å². The Balaban J connectivity index is 1.99. The molecule has 0 spiro atoms. The number of pyridine rings is 1. The molecule has 0 N–H and O–H groups in total. The van der Waals surface area contributed by atoms with E-state index in [1.54, 1.807) is 6.07 Å². The molecule has 31 heavy (non-hydrogen) atoms. The molecular formula is C29H33FN+. The van der Waals surface area contributed by atoms with Crippen molar-refractivity contribution in [2.75, 3.05) is 0 Å². The van der Waals surface area contributed by atoms with E-state index in [0.29, 0.717) is 0 Å². The van der Waals surface area contributed by atoms with E-state index in [-0.39, 0.29) is 11.4 Å². The second-order valence-electron chi connectivity index (χ2n) is 9.93. The Hall–Kier alpha value is -2.48. The van der Waals surface area contributed by atoms with Crippen molar-refractivity contribution in [3.63, 3.8) is 0 Å². The second-order valence-corrected chi connectivity index (χ2v) is 9.93. The minimum absolute atomic E-state index is 0.106. The number of benzene rings is 2. The lowest BCUT2D eigenvalue weighted by Crippen LogP contribution is -2.60. The maximum Gasteiger partial charge on any atom is 0.222 e. The van der Waals surface area contributed by atoms with Crippen LogP contribution in [0.3, 0.4) is 0 Å². The number of allylic oxidation sites excluding steroid dienone is 1. The smallest absolute Gasteiger partial charge is 0.207 e. The Morgan fingerprint density at radius 3 is 2.45 bits per heavy atom. The molecule has 0 fully saturated rings. The van der Waals surface area contributed by atoms with Crippen LogP contribution in [0.2, 0.25) is 0 Å². The summed E-state index contributed by atoms with van der Waals surface area (Å²) < 4.78 is 18.0. The van der Waals surface area contributed by atoms with Crippen molar-refractivity contribution in [2.45, 2.75) is 77.7 Å². The van der Waals surface area contributed by atoms with Crippen LogP contribution in [0.1, 0.15) is 82.6 Å². The molecule has 0 saturated heterocycles. The average Bonchev–Trinajstić information content (AvgIpc) is 2.76. The van der Waals surface area contributed by atoms with Gasteiger partial charge in [-0.25, -0.2) is 4.39 Å². The summed E-state index contributed by atoms with van der Waals surface area (Å²) in [7, 11) is 0. The van der Waals surface area contributed by atoms with Crippen molar-refractivity contribution in [1.29, 1.82) is 0 Å². The quantitative estimate of drug-likeness (QED) is 0.382. The van der Waals surface area contributed by atoms with Crippen LogP contribution in [0.15, 0.2) is 43.1 Å². The van der Waals surface area contributed by atoms with Gasteiger partial charge in [-0.15, -0.1) is 0 Å². The average molecular weight is 415 g/mol. The van der Waals surface area contributed by atoms with Crippen molar-refractivity contribution in [3.8, 4) is 11.3 Å². The first-order valence-electron chi connectivity index (χ1n) is 11.9. The van der Waals surface area contributed by atoms with Crippen LogP contribution in [0, 0.1) is 5.82 Å². The summed E-state index contributed by atoms with van der Waals surface area (Å²) in [5.41, 5.74) is 7.37. The van der Waals surface area contributed by atoms with Crippen LogP contribution in [0.5, 0.6) is 0 Å². The van der Waals surface area contributed by atoms with Gasteiger partial charge in [0, 0.05) is 35.5 Å². The summed E-state index contributed by atoms with van der Waals surface area (Å²) in [6.07, 6.45) is 7.58. The number of hydrogen-bond donors (Lipinski definition) is 0. The standard InChI is InChI=1S/C29H33FN/c1-7-10-11-19-16-20-14-15-31-27-24(20)22(17-19)28(5,6)26-23(30)13-12-21(25(26)27)18(4)29(31,8-2)9-3/h12-17H,4,7-11H2,1-3,5-6H3/q+1. The zero-order chi connectivity index (χ0) is 22.1. The van der Waals surface area contributed by atoms with Crippen molar-refractivity contribution in [2.24, 2.45) is 0 Å². The number of aromatic nitrogens is 1. The van der Waals surface area contributed by atoms with E-state index in [0.717, 1.165) is 41.5 Å². The largest absolute Gasteiger partial charge is 0.222 e. The number of rotatable bonds is 5. The third-order valence-corrected chi connectivity index (χ3v) is 8.14. The van der Waals surface area contributed by atoms with E-state index < -0.39 is 5.41 Å². The zero-order valence-corrected chi connectivity index (χ0v) is 19.5. The Kier molecular flexibility index (Phi) is 4.45. The molecule has 1 nitrogen and oxygen atoms in total. The highest BCUT2D eigenvalue weighted by Gasteiger charge is 2.52.